The van der Waals surface area contributed by atoms with Crippen molar-refractivity contribution in [3.05, 3.63) is 15.8 Å². The average Bonchev–Trinajstić information content (AvgIpc) is 2.62. The summed E-state index contributed by atoms with van der Waals surface area (Å²) in [6.07, 6.45) is 0. The molecular weight excluding hydrogens is 302 g/mol. The largest absolute Gasteiger partial charge is 0.480 e. The lowest BCUT2D eigenvalue weighted by atomic mass is 10.0. The molecule has 0 spiro atoms. The van der Waals surface area contributed by atoms with Gasteiger partial charge in [-0.1, -0.05) is 0 Å². The predicted molar refractivity (Wildman–Crippen MR) is 74.5 cm³/mol. The standard InChI is InChI=1S/C12H17NO5S2/c1-8-4-10(9(2)19-8)20(16,17)13-6-12(3,7-13)18-5-11(14)15/h4H,5-7H2,1-3H3,(H,14,15). The number of hydrogen-bond acceptors (Lipinski definition) is 5. The van der Waals surface area contributed by atoms with E-state index in [2.05, 4.69) is 0 Å². The Labute approximate surface area is 122 Å². The number of thiophene rings is 1. The predicted octanol–water partition coefficient (Wildman–Crippen LogP) is 1.23. The van der Waals surface area contributed by atoms with Gasteiger partial charge in [0.1, 0.15) is 6.61 Å². The van der Waals surface area contributed by atoms with E-state index in [4.69, 9.17) is 9.84 Å². The van der Waals surface area contributed by atoms with Gasteiger partial charge in [-0.2, -0.15) is 4.31 Å². The van der Waals surface area contributed by atoms with Crippen molar-refractivity contribution in [2.24, 2.45) is 0 Å². The topological polar surface area (TPSA) is 83.9 Å². The monoisotopic (exact) mass is 319 g/mol. The lowest BCUT2D eigenvalue weighted by Gasteiger charge is -2.46. The number of carboxylic acids is 1. The van der Waals surface area contributed by atoms with E-state index in [1.165, 1.54) is 15.6 Å². The van der Waals surface area contributed by atoms with Gasteiger partial charge in [0.25, 0.3) is 0 Å². The number of sulfonamides is 1. The van der Waals surface area contributed by atoms with E-state index in [1.54, 1.807) is 19.9 Å². The van der Waals surface area contributed by atoms with Crippen molar-refractivity contribution in [2.45, 2.75) is 31.3 Å². The third kappa shape index (κ3) is 2.88. The van der Waals surface area contributed by atoms with Crippen molar-refractivity contribution in [1.29, 1.82) is 0 Å². The zero-order chi connectivity index (χ0) is 15.1. The van der Waals surface area contributed by atoms with Crippen LogP contribution in [0.5, 0.6) is 0 Å². The molecule has 0 atom stereocenters. The summed E-state index contributed by atoms with van der Waals surface area (Å²) in [7, 11) is -3.51. The highest BCUT2D eigenvalue weighted by atomic mass is 32.2. The number of aliphatic carboxylic acids is 1. The van der Waals surface area contributed by atoms with Crippen molar-refractivity contribution >= 4 is 27.3 Å². The van der Waals surface area contributed by atoms with Gasteiger partial charge in [-0.15, -0.1) is 11.3 Å². The maximum absolute atomic E-state index is 12.4. The van der Waals surface area contributed by atoms with Gasteiger partial charge in [-0.3, -0.25) is 0 Å². The number of carbonyl (C=O) groups is 1. The summed E-state index contributed by atoms with van der Waals surface area (Å²) in [5, 5.41) is 8.58. The number of aryl methyl sites for hydroxylation is 2. The van der Waals surface area contributed by atoms with Crippen LogP contribution in [-0.4, -0.2) is 49.1 Å². The van der Waals surface area contributed by atoms with Crippen LogP contribution in [0.1, 0.15) is 16.7 Å². The molecule has 0 radical (unpaired) electrons. The molecule has 0 aromatic carbocycles. The molecule has 2 heterocycles. The highest BCUT2D eigenvalue weighted by Crippen LogP contribution is 2.34. The van der Waals surface area contributed by atoms with Crippen molar-refractivity contribution in [2.75, 3.05) is 19.7 Å². The molecule has 1 aromatic heterocycles. The molecule has 112 valence electrons. The van der Waals surface area contributed by atoms with E-state index in [0.717, 1.165) is 9.75 Å². The first-order valence-corrected chi connectivity index (χ1v) is 8.33. The molecule has 1 N–H and O–H groups in total. The molecular formula is C12H17NO5S2. The SMILES string of the molecule is Cc1cc(S(=O)(=O)N2CC(C)(OCC(=O)O)C2)c(C)s1. The van der Waals surface area contributed by atoms with E-state index >= 15 is 0 Å². The van der Waals surface area contributed by atoms with Crippen LogP contribution in [0.4, 0.5) is 0 Å². The van der Waals surface area contributed by atoms with Crippen molar-refractivity contribution in [1.82, 2.24) is 4.31 Å². The van der Waals surface area contributed by atoms with Crippen molar-refractivity contribution in [3.8, 4) is 0 Å². The molecule has 1 saturated heterocycles. The Kier molecular flexibility index (Phi) is 3.94. The van der Waals surface area contributed by atoms with Crippen LogP contribution in [0.3, 0.4) is 0 Å². The lowest BCUT2D eigenvalue weighted by molar-refractivity contribution is -0.157. The third-order valence-corrected chi connectivity index (χ3v) is 6.19. The lowest BCUT2D eigenvalue weighted by Crippen LogP contribution is -2.63. The molecule has 1 aliphatic heterocycles. The van der Waals surface area contributed by atoms with Gasteiger partial charge < -0.3 is 9.84 Å². The summed E-state index contributed by atoms with van der Waals surface area (Å²) in [4.78, 5) is 12.5. The molecule has 2 rings (SSSR count). The van der Waals surface area contributed by atoms with Crippen LogP contribution < -0.4 is 0 Å². The van der Waals surface area contributed by atoms with Gasteiger partial charge in [-0.05, 0) is 26.8 Å². The van der Waals surface area contributed by atoms with Crippen LogP contribution in [-0.2, 0) is 19.6 Å². The molecule has 1 fully saturated rings. The molecule has 6 nitrogen and oxygen atoms in total. The number of ether oxygens (including phenoxy) is 1. The van der Waals surface area contributed by atoms with Crippen LogP contribution in [0, 0.1) is 13.8 Å². The summed E-state index contributed by atoms with van der Waals surface area (Å²) in [5.41, 5.74) is -0.718. The fourth-order valence-corrected chi connectivity index (χ4v) is 5.39. The minimum absolute atomic E-state index is 0.178. The maximum atomic E-state index is 12.4. The molecule has 20 heavy (non-hydrogen) atoms. The quantitative estimate of drug-likeness (QED) is 0.882. The summed E-state index contributed by atoms with van der Waals surface area (Å²) in [5.74, 6) is -1.06. The van der Waals surface area contributed by atoms with Crippen molar-refractivity contribution < 1.29 is 23.1 Å². The van der Waals surface area contributed by atoms with Gasteiger partial charge in [0.15, 0.2) is 0 Å². The first-order valence-electron chi connectivity index (χ1n) is 6.07. The van der Waals surface area contributed by atoms with Gasteiger partial charge in [0, 0.05) is 22.8 Å². The molecule has 0 saturated carbocycles. The van der Waals surface area contributed by atoms with Gasteiger partial charge in [0.2, 0.25) is 10.0 Å². The Balaban J connectivity index is 2.08. The Hall–Kier alpha value is -0.960. The molecule has 8 heteroatoms. The van der Waals surface area contributed by atoms with Crippen LogP contribution in [0.2, 0.25) is 0 Å². The smallest absolute Gasteiger partial charge is 0.329 e. The zero-order valence-electron chi connectivity index (χ0n) is 11.5. The normalized spacial score (nSPS) is 18.8. The molecule has 1 aliphatic rings. The minimum Gasteiger partial charge on any atom is -0.480 e. The van der Waals surface area contributed by atoms with E-state index in [1.807, 2.05) is 6.92 Å². The van der Waals surface area contributed by atoms with Crippen molar-refractivity contribution in [3.63, 3.8) is 0 Å². The number of nitrogens with zero attached hydrogens (tertiary/aromatic N) is 1. The highest BCUT2D eigenvalue weighted by molar-refractivity contribution is 7.89. The minimum atomic E-state index is -3.51. The summed E-state index contributed by atoms with van der Waals surface area (Å²) in [6.45, 7) is 5.31. The van der Waals surface area contributed by atoms with Crippen LogP contribution in [0.15, 0.2) is 11.0 Å². The Morgan fingerprint density at radius 3 is 2.55 bits per heavy atom. The first kappa shape index (κ1) is 15.4. The maximum Gasteiger partial charge on any atom is 0.329 e. The van der Waals surface area contributed by atoms with E-state index < -0.39 is 28.2 Å². The summed E-state index contributed by atoms with van der Waals surface area (Å²) >= 11 is 1.45. The van der Waals surface area contributed by atoms with Crippen LogP contribution in [0.25, 0.3) is 0 Å². The second-order valence-corrected chi connectivity index (χ2v) is 8.55. The first-order chi connectivity index (χ1) is 9.14. The Morgan fingerprint density at radius 2 is 2.10 bits per heavy atom. The number of hydrogen-bond donors (Lipinski definition) is 1. The molecule has 1 aromatic rings. The Bertz CT molecular complexity index is 628. The summed E-state index contributed by atoms with van der Waals surface area (Å²) in [6, 6.07) is 1.67. The zero-order valence-corrected chi connectivity index (χ0v) is 13.2. The molecule has 0 amide bonds. The molecule has 0 bridgehead atoms. The molecule has 0 unspecified atom stereocenters. The second-order valence-electron chi connectivity index (χ2n) is 5.18. The number of rotatable bonds is 5. The summed E-state index contributed by atoms with van der Waals surface area (Å²) < 4.78 is 31.4. The van der Waals surface area contributed by atoms with Crippen LogP contribution >= 0.6 is 11.3 Å². The highest BCUT2D eigenvalue weighted by Gasteiger charge is 2.47. The van der Waals surface area contributed by atoms with Gasteiger partial charge in [0.05, 0.1) is 10.5 Å². The number of carboxylic acid groups (broad SMARTS) is 1. The van der Waals surface area contributed by atoms with Gasteiger partial charge >= 0.3 is 5.97 Å². The average molecular weight is 319 g/mol. The fraction of sp³-hybridized carbons (Fsp3) is 0.583. The molecule has 0 aliphatic carbocycles. The van der Waals surface area contributed by atoms with E-state index in [9.17, 15) is 13.2 Å². The fourth-order valence-electron chi connectivity index (χ4n) is 2.20. The van der Waals surface area contributed by atoms with E-state index in [-0.39, 0.29) is 13.1 Å². The van der Waals surface area contributed by atoms with Gasteiger partial charge in [-0.25, -0.2) is 13.2 Å². The Morgan fingerprint density at radius 1 is 1.50 bits per heavy atom. The third-order valence-electron chi connectivity index (χ3n) is 3.18. The van der Waals surface area contributed by atoms with E-state index in [0.29, 0.717) is 4.90 Å². The second kappa shape index (κ2) is 5.10.